The van der Waals surface area contributed by atoms with Crippen molar-refractivity contribution < 1.29 is 22.7 Å². The van der Waals surface area contributed by atoms with Crippen molar-refractivity contribution >= 4 is 33.3 Å². The second-order valence-electron chi connectivity index (χ2n) is 9.76. The minimum atomic E-state index is -4.15. The number of esters is 1. The van der Waals surface area contributed by atoms with Gasteiger partial charge in [-0.3, -0.25) is 4.79 Å². The van der Waals surface area contributed by atoms with Crippen LogP contribution >= 0.6 is 0 Å². The SMILES string of the molecule is COC(=O)[C@H]1C(c2ccccc2)=Cc2ccccc2N(S(=O)(=O)c2ccc(C)cc2)[C@@H]1OC(C)(C)C. The summed E-state index contributed by atoms with van der Waals surface area (Å²) >= 11 is 0. The lowest BCUT2D eigenvalue weighted by Gasteiger charge is -2.39. The van der Waals surface area contributed by atoms with E-state index in [1.54, 1.807) is 36.4 Å². The summed E-state index contributed by atoms with van der Waals surface area (Å²) in [4.78, 5) is 13.5. The zero-order valence-electron chi connectivity index (χ0n) is 21.1. The van der Waals surface area contributed by atoms with Crippen LogP contribution in [-0.2, 0) is 24.3 Å². The fourth-order valence-corrected chi connectivity index (χ4v) is 5.90. The summed E-state index contributed by atoms with van der Waals surface area (Å²) in [6, 6.07) is 23.3. The molecule has 3 aromatic carbocycles. The second kappa shape index (κ2) is 9.91. The lowest BCUT2D eigenvalue weighted by molar-refractivity contribution is -0.151. The van der Waals surface area contributed by atoms with Crippen molar-refractivity contribution in [1.29, 1.82) is 0 Å². The number of carbonyl (C=O) groups excluding carboxylic acids is 1. The zero-order chi connectivity index (χ0) is 26.1. The molecule has 4 rings (SSSR count). The Balaban J connectivity index is 2.05. The standard InChI is InChI=1S/C29H31NO5S/c1-20-15-17-23(18-16-20)36(32,33)30-25-14-10-9-13-22(25)19-24(21-11-7-6-8-12-21)26(28(31)34-5)27(30)35-29(2,3)4/h6-19,26-27H,1-5H3/t26-,27+/m0/s1. The summed E-state index contributed by atoms with van der Waals surface area (Å²) in [5.41, 5.74) is 2.63. The maximum atomic E-state index is 14.3. The molecule has 1 aliphatic heterocycles. The van der Waals surface area contributed by atoms with E-state index in [-0.39, 0.29) is 4.90 Å². The number of aryl methyl sites for hydroxylation is 1. The molecule has 0 spiro atoms. The molecule has 0 N–H and O–H groups in total. The van der Waals surface area contributed by atoms with Gasteiger partial charge in [-0.2, -0.15) is 0 Å². The number of benzene rings is 3. The van der Waals surface area contributed by atoms with Crippen LogP contribution in [-0.4, -0.2) is 33.3 Å². The third kappa shape index (κ3) is 5.08. The minimum absolute atomic E-state index is 0.109. The number of nitrogens with zero attached hydrogens (tertiary/aromatic N) is 1. The van der Waals surface area contributed by atoms with Gasteiger partial charge in [0.05, 0.1) is 23.3 Å². The Morgan fingerprint density at radius 3 is 2.11 bits per heavy atom. The number of methoxy groups -OCH3 is 1. The van der Waals surface area contributed by atoms with Gasteiger partial charge in [-0.05, 0) is 68.7 Å². The summed E-state index contributed by atoms with van der Waals surface area (Å²) in [7, 11) is -2.85. The molecule has 0 radical (unpaired) electrons. The molecule has 1 aliphatic rings. The molecule has 0 saturated heterocycles. The van der Waals surface area contributed by atoms with Gasteiger partial charge in [0, 0.05) is 0 Å². The number of rotatable bonds is 5. The molecular formula is C29H31NO5S. The molecule has 0 aliphatic carbocycles. The summed E-state index contributed by atoms with van der Waals surface area (Å²) in [6.45, 7) is 7.40. The monoisotopic (exact) mass is 505 g/mol. The highest BCUT2D eigenvalue weighted by molar-refractivity contribution is 7.92. The minimum Gasteiger partial charge on any atom is -0.468 e. The number of sulfonamides is 1. The number of hydrogen-bond acceptors (Lipinski definition) is 5. The van der Waals surface area contributed by atoms with Gasteiger partial charge in [0.1, 0.15) is 5.92 Å². The van der Waals surface area contributed by atoms with Crippen molar-refractivity contribution in [2.24, 2.45) is 5.92 Å². The van der Waals surface area contributed by atoms with E-state index < -0.39 is 33.7 Å². The van der Waals surface area contributed by atoms with Crippen molar-refractivity contribution in [2.45, 2.75) is 44.4 Å². The van der Waals surface area contributed by atoms with Crippen LogP contribution in [0, 0.1) is 12.8 Å². The van der Waals surface area contributed by atoms with Crippen molar-refractivity contribution in [2.75, 3.05) is 11.4 Å². The Labute approximate surface area is 213 Å². The summed E-state index contributed by atoms with van der Waals surface area (Å²) in [5, 5.41) is 0. The van der Waals surface area contributed by atoms with Crippen LogP contribution in [0.1, 0.15) is 37.5 Å². The fraction of sp³-hybridized carbons (Fsp3) is 0.276. The van der Waals surface area contributed by atoms with Gasteiger partial charge < -0.3 is 9.47 Å². The third-order valence-corrected chi connectivity index (χ3v) is 7.74. The lowest BCUT2D eigenvalue weighted by atomic mass is 9.90. The molecule has 0 unspecified atom stereocenters. The van der Waals surface area contributed by atoms with Gasteiger partial charge >= 0.3 is 5.97 Å². The number of anilines is 1. The first-order valence-electron chi connectivity index (χ1n) is 11.8. The van der Waals surface area contributed by atoms with Crippen LogP contribution in [0.3, 0.4) is 0 Å². The van der Waals surface area contributed by atoms with Gasteiger partial charge in [-0.25, -0.2) is 12.7 Å². The van der Waals surface area contributed by atoms with E-state index in [0.717, 1.165) is 11.1 Å². The van der Waals surface area contributed by atoms with Crippen LogP contribution in [0.15, 0.2) is 83.8 Å². The van der Waals surface area contributed by atoms with E-state index in [2.05, 4.69) is 0 Å². The molecule has 0 fully saturated rings. The third-order valence-electron chi connectivity index (χ3n) is 5.95. The van der Waals surface area contributed by atoms with Crippen LogP contribution in [0.2, 0.25) is 0 Å². The highest BCUT2D eigenvalue weighted by Gasteiger charge is 2.47. The Morgan fingerprint density at radius 2 is 1.50 bits per heavy atom. The molecule has 1 heterocycles. The number of carbonyl (C=O) groups is 1. The molecule has 3 aromatic rings. The van der Waals surface area contributed by atoms with Gasteiger partial charge in [0.15, 0.2) is 6.23 Å². The first-order valence-corrected chi connectivity index (χ1v) is 13.2. The number of para-hydroxylation sites is 1. The molecule has 0 saturated carbocycles. The van der Waals surface area contributed by atoms with E-state index in [0.29, 0.717) is 16.8 Å². The fourth-order valence-electron chi connectivity index (χ4n) is 4.33. The smallest absolute Gasteiger partial charge is 0.317 e. The topological polar surface area (TPSA) is 72.9 Å². The highest BCUT2D eigenvalue weighted by Crippen LogP contribution is 2.43. The number of hydrogen-bond donors (Lipinski definition) is 0. The first-order chi connectivity index (χ1) is 17.0. The predicted molar refractivity (Wildman–Crippen MR) is 142 cm³/mol. The molecule has 188 valence electrons. The first kappa shape index (κ1) is 25.7. The van der Waals surface area contributed by atoms with Gasteiger partial charge in [-0.1, -0.05) is 66.2 Å². The highest BCUT2D eigenvalue weighted by atomic mass is 32.2. The van der Waals surface area contributed by atoms with Gasteiger partial charge in [-0.15, -0.1) is 0 Å². The van der Waals surface area contributed by atoms with Gasteiger partial charge in [0.2, 0.25) is 0 Å². The Hall–Kier alpha value is -3.42. The molecule has 0 amide bonds. The molecule has 2 atom stereocenters. The molecule has 36 heavy (non-hydrogen) atoms. The molecule has 7 heteroatoms. The second-order valence-corrected chi connectivity index (χ2v) is 11.6. The molecule has 6 nitrogen and oxygen atoms in total. The Morgan fingerprint density at radius 1 is 0.889 bits per heavy atom. The van der Waals surface area contributed by atoms with Crippen molar-refractivity contribution in [3.8, 4) is 0 Å². The van der Waals surface area contributed by atoms with Crippen LogP contribution in [0.25, 0.3) is 11.6 Å². The van der Waals surface area contributed by atoms with E-state index in [9.17, 15) is 13.2 Å². The number of ether oxygens (including phenoxy) is 2. The summed E-state index contributed by atoms with van der Waals surface area (Å²) in [5.74, 6) is -1.64. The van der Waals surface area contributed by atoms with Crippen molar-refractivity contribution in [3.05, 3.63) is 95.6 Å². The van der Waals surface area contributed by atoms with Crippen LogP contribution < -0.4 is 4.31 Å². The molecule has 0 aromatic heterocycles. The summed E-state index contributed by atoms with van der Waals surface area (Å²) < 4.78 is 41.5. The quantitative estimate of drug-likeness (QED) is 0.418. The van der Waals surface area contributed by atoms with Crippen molar-refractivity contribution in [1.82, 2.24) is 0 Å². The zero-order valence-corrected chi connectivity index (χ0v) is 22.0. The molecular weight excluding hydrogens is 474 g/mol. The maximum Gasteiger partial charge on any atom is 0.317 e. The maximum absolute atomic E-state index is 14.3. The Kier molecular flexibility index (Phi) is 7.07. The van der Waals surface area contributed by atoms with E-state index >= 15 is 0 Å². The largest absolute Gasteiger partial charge is 0.468 e. The molecule has 0 bridgehead atoms. The average Bonchev–Trinajstić information content (AvgIpc) is 2.98. The van der Waals surface area contributed by atoms with Crippen LogP contribution in [0.5, 0.6) is 0 Å². The van der Waals surface area contributed by atoms with Crippen LogP contribution in [0.4, 0.5) is 5.69 Å². The van der Waals surface area contributed by atoms with E-state index in [1.807, 2.05) is 76.2 Å². The predicted octanol–water partition coefficient (Wildman–Crippen LogP) is 5.67. The van der Waals surface area contributed by atoms with Gasteiger partial charge in [0.25, 0.3) is 10.0 Å². The normalized spacial score (nSPS) is 18.1. The lowest BCUT2D eigenvalue weighted by Crippen LogP contribution is -2.51. The van der Waals surface area contributed by atoms with E-state index in [4.69, 9.17) is 9.47 Å². The van der Waals surface area contributed by atoms with E-state index in [1.165, 1.54) is 11.4 Å². The average molecular weight is 506 g/mol. The Bertz CT molecular complexity index is 1370. The summed E-state index contributed by atoms with van der Waals surface area (Å²) in [6.07, 6.45) is 0.648. The van der Waals surface area contributed by atoms with Crippen molar-refractivity contribution in [3.63, 3.8) is 0 Å². The number of fused-ring (bicyclic) bond motifs is 1.